The van der Waals surface area contributed by atoms with Crippen LogP contribution in [0.2, 0.25) is 5.02 Å². The summed E-state index contributed by atoms with van der Waals surface area (Å²) in [6.07, 6.45) is 3.37. The maximum Gasteiger partial charge on any atom is 0.145 e. The van der Waals surface area contributed by atoms with Crippen LogP contribution < -0.4 is 4.74 Å². The van der Waals surface area contributed by atoms with Gasteiger partial charge < -0.3 is 4.74 Å². The largest absolute Gasteiger partial charge is 0.464 e. The van der Waals surface area contributed by atoms with E-state index in [0.29, 0.717) is 10.8 Å². The standard InChI is InChI=1S/C9H8ClO/c1-2-7-11-9-6-4-3-5-8(9)10/h2-3,5-7H,1H3/b7-2-. The van der Waals surface area contributed by atoms with Crippen LogP contribution in [0, 0.1) is 6.07 Å². The monoisotopic (exact) mass is 167 g/mol. The quantitative estimate of drug-likeness (QED) is 0.616. The first-order valence-corrected chi connectivity index (χ1v) is 3.66. The molecule has 0 fully saturated rings. The van der Waals surface area contributed by atoms with Crippen molar-refractivity contribution in [2.45, 2.75) is 6.92 Å². The highest BCUT2D eigenvalue weighted by molar-refractivity contribution is 6.32. The van der Waals surface area contributed by atoms with Gasteiger partial charge in [-0.3, -0.25) is 0 Å². The summed E-state index contributed by atoms with van der Waals surface area (Å²) in [5, 5.41) is 0.599. The minimum absolute atomic E-state index is 0.599. The van der Waals surface area contributed by atoms with Gasteiger partial charge in [0.05, 0.1) is 11.3 Å². The number of halogens is 1. The average molecular weight is 168 g/mol. The highest BCUT2D eigenvalue weighted by Crippen LogP contribution is 2.22. The first-order chi connectivity index (χ1) is 5.34. The molecule has 1 radical (unpaired) electrons. The summed E-state index contributed by atoms with van der Waals surface area (Å²) in [6.45, 7) is 1.88. The third kappa shape index (κ3) is 2.28. The second kappa shape index (κ2) is 4.04. The lowest BCUT2D eigenvalue weighted by atomic mass is 10.3. The van der Waals surface area contributed by atoms with Gasteiger partial charge in [0.15, 0.2) is 0 Å². The SMILES string of the molecule is C/C=C\Oc1c[c]ccc1Cl. The topological polar surface area (TPSA) is 9.23 Å². The van der Waals surface area contributed by atoms with Gasteiger partial charge in [-0.15, -0.1) is 0 Å². The summed E-state index contributed by atoms with van der Waals surface area (Å²) in [4.78, 5) is 0. The molecule has 0 aromatic heterocycles. The molecule has 0 amide bonds. The Morgan fingerprint density at radius 3 is 3.09 bits per heavy atom. The fourth-order valence-electron chi connectivity index (χ4n) is 0.628. The van der Waals surface area contributed by atoms with Crippen LogP contribution in [-0.2, 0) is 0 Å². The van der Waals surface area contributed by atoms with E-state index in [4.69, 9.17) is 16.3 Å². The van der Waals surface area contributed by atoms with Gasteiger partial charge in [-0.2, -0.15) is 0 Å². The second-order valence-corrected chi connectivity index (χ2v) is 2.35. The highest BCUT2D eigenvalue weighted by atomic mass is 35.5. The van der Waals surface area contributed by atoms with E-state index in [-0.39, 0.29) is 0 Å². The molecule has 0 saturated carbocycles. The predicted molar refractivity (Wildman–Crippen MR) is 45.7 cm³/mol. The van der Waals surface area contributed by atoms with Crippen LogP contribution in [0.3, 0.4) is 0 Å². The van der Waals surface area contributed by atoms with E-state index in [1.165, 1.54) is 0 Å². The Kier molecular flexibility index (Phi) is 2.99. The number of hydrogen-bond acceptors (Lipinski definition) is 1. The molecule has 57 valence electrons. The van der Waals surface area contributed by atoms with E-state index >= 15 is 0 Å². The Bertz CT molecular complexity index is 255. The Morgan fingerprint density at radius 1 is 1.64 bits per heavy atom. The number of hydrogen-bond donors (Lipinski definition) is 0. The van der Waals surface area contributed by atoms with Crippen LogP contribution in [0.15, 0.2) is 30.5 Å². The van der Waals surface area contributed by atoms with Gasteiger partial charge in [0.25, 0.3) is 0 Å². The third-order valence-corrected chi connectivity index (χ3v) is 1.42. The van der Waals surface area contributed by atoms with E-state index in [1.54, 1.807) is 30.5 Å². The van der Waals surface area contributed by atoms with Crippen LogP contribution in [0.1, 0.15) is 6.92 Å². The normalized spacial score (nSPS) is 10.4. The maximum absolute atomic E-state index is 5.78. The van der Waals surface area contributed by atoms with Crippen molar-refractivity contribution >= 4 is 11.6 Å². The summed E-state index contributed by atoms with van der Waals surface area (Å²) < 4.78 is 5.14. The molecule has 0 bridgehead atoms. The molecule has 1 aromatic rings. The molecule has 0 saturated heterocycles. The molecule has 0 spiro atoms. The molecule has 1 nitrogen and oxygen atoms in total. The van der Waals surface area contributed by atoms with Crippen molar-refractivity contribution in [3.8, 4) is 5.75 Å². The maximum atomic E-state index is 5.78. The lowest BCUT2D eigenvalue weighted by Crippen LogP contribution is -1.81. The van der Waals surface area contributed by atoms with Gasteiger partial charge >= 0.3 is 0 Å². The molecular formula is C9H8ClO. The molecular weight excluding hydrogens is 160 g/mol. The molecule has 0 aliphatic heterocycles. The lowest BCUT2D eigenvalue weighted by Gasteiger charge is -1.99. The number of rotatable bonds is 2. The van der Waals surface area contributed by atoms with Gasteiger partial charge in [0, 0.05) is 0 Å². The Hall–Kier alpha value is -0.950. The third-order valence-electron chi connectivity index (χ3n) is 1.11. The number of benzene rings is 1. The first kappa shape index (κ1) is 8.15. The molecule has 0 N–H and O–H groups in total. The van der Waals surface area contributed by atoms with Crippen molar-refractivity contribution < 1.29 is 4.74 Å². The van der Waals surface area contributed by atoms with Crippen LogP contribution in [0.5, 0.6) is 5.75 Å². The summed E-state index contributed by atoms with van der Waals surface area (Å²) >= 11 is 5.78. The lowest BCUT2D eigenvalue weighted by molar-refractivity contribution is 0.480. The summed E-state index contributed by atoms with van der Waals surface area (Å²) in [6, 6.07) is 8.04. The van der Waals surface area contributed by atoms with Crippen LogP contribution in [0.25, 0.3) is 0 Å². The van der Waals surface area contributed by atoms with Crippen LogP contribution in [0.4, 0.5) is 0 Å². The molecule has 2 heteroatoms. The molecule has 0 aliphatic rings. The minimum Gasteiger partial charge on any atom is -0.464 e. The zero-order chi connectivity index (χ0) is 8.10. The fraction of sp³-hybridized carbons (Fsp3) is 0.111. The smallest absolute Gasteiger partial charge is 0.145 e. The number of ether oxygens (including phenoxy) is 1. The van der Waals surface area contributed by atoms with Gasteiger partial charge in [-0.1, -0.05) is 23.7 Å². The van der Waals surface area contributed by atoms with Crippen molar-refractivity contribution in [2.75, 3.05) is 0 Å². The van der Waals surface area contributed by atoms with Crippen LogP contribution in [-0.4, -0.2) is 0 Å². The summed E-state index contributed by atoms with van der Waals surface area (Å²) in [5.41, 5.74) is 0. The molecule has 0 heterocycles. The van der Waals surface area contributed by atoms with Crippen molar-refractivity contribution in [3.05, 3.63) is 41.6 Å². The molecule has 1 rings (SSSR count). The van der Waals surface area contributed by atoms with E-state index in [1.807, 2.05) is 6.92 Å². The molecule has 0 atom stereocenters. The molecule has 11 heavy (non-hydrogen) atoms. The summed E-state index contributed by atoms with van der Waals surface area (Å²) in [7, 11) is 0. The van der Waals surface area contributed by atoms with E-state index in [9.17, 15) is 0 Å². The van der Waals surface area contributed by atoms with Crippen molar-refractivity contribution in [1.82, 2.24) is 0 Å². The van der Waals surface area contributed by atoms with Gasteiger partial charge in [0.2, 0.25) is 0 Å². The predicted octanol–water partition coefficient (Wildman–Crippen LogP) is 3.05. The Morgan fingerprint density at radius 2 is 2.45 bits per heavy atom. The zero-order valence-corrected chi connectivity index (χ0v) is 6.93. The molecule has 1 aromatic carbocycles. The van der Waals surface area contributed by atoms with Crippen molar-refractivity contribution in [3.63, 3.8) is 0 Å². The van der Waals surface area contributed by atoms with Crippen molar-refractivity contribution in [2.24, 2.45) is 0 Å². The van der Waals surface area contributed by atoms with Crippen molar-refractivity contribution in [1.29, 1.82) is 0 Å². The van der Waals surface area contributed by atoms with Gasteiger partial charge in [-0.25, -0.2) is 0 Å². The van der Waals surface area contributed by atoms with Gasteiger partial charge in [-0.05, 0) is 25.1 Å². The first-order valence-electron chi connectivity index (χ1n) is 3.28. The van der Waals surface area contributed by atoms with E-state index < -0.39 is 0 Å². The minimum atomic E-state index is 0.599. The Balaban J connectivity index is 2.77. The molecule has 0 aliphatic carbocycles. The second-order valence-electron chi connectivity index (χ2n) is 1.94. The van der Waals surface area contributed by atoms with E-state index in [2.05, 4.69) is 6.07 Å². The average Bonchev–Trinajstić information content (AvgIpc) is 2.03. The van der Waals surface area contributed by atoms with Crippen LogP contribution >= 0.6 is 11.6 Å². The Labute approximate surface area is 71.3 Å². The summed E-state index contributed by atoms with van der Waals surface area (Å²) in [5.74, 6) is 0.632. The number of allylic oxidation sites excluding steroid dienone is 1. The zero-order valence-electron chi connectivity index (χ0n) is 6.17. The van der Waals surface area contributed by atoms with Gasteiger partial charge in [0.1, 0.15) is 5.75 Å². The van der Waals surface area contributed by atoms with E-state index in [0.717, 1.165) is 0 Å². The fourth-order valence-corrected chi connectivity index (χ4v) is 0.790. The highest BCUT2D eigenvalue weighted by Gasteiger charge is 1.95. The molecule has 0 unspecified atom stereocenters.